The van der Waals surface area contributed by atoms with E-state index in [1.807, 2.05) is 24.3 Å². The van der Waals surface area contributed by atoms with Crippen molar-refractivity contribution in [2.45, 2.75) is 6.10 Å². The van der Waals surface area contributed by atoms with Crippen LogP contribution in [0.2, 0.25) is 0 Å². The van der Waals surface area contributed by atoms with Crippen LogP contribution in [0.1, 0.15) is 17.2 Å². The van der Waals surface area contributed by atoms with Gasteiger partial charge in [0.15, 0.2) is 11.5 Å². The van der Waals surface area contributed by atoms with Crippen molar-refractivity contribution in [3.63, 3.8) is 0 Å². The Morgan fingerprint density at radius 3 is 2.00 bits per heavy atom. The van der Waals surface area contributed by atoms with Gasteiger partial charge < -0.3 is 19.3 Å². The number of hydrogen-bond acceptors (Lipinski definition) is 4. The molecule has 0 spiro atoms. The lowest BCUT2D eigenvalue weighted by atomic mass is 10.00. The Morgan fingerprint density at radius 2 is 1.48 bits per heavy atom. The van der Waals surface area contributed by atoms with E-state index in [1.165, 1.54) is 0 Å². The highest BCUT2D eigenvalue weighted by Crippen LogP contribution is 2.43. The van der Waals surface area contributed by atoms with Gasteiger partial charge in [-0.05, 0) is 52.4 Å². The molecule has 0 aliphatic carbocycles. The van der Waals surface area contributed by atoms with Gasteiger partial charge in [-0.3, -0.25) is 0 Å². The molecule has 0 aliphatic heterocycles. The first-order chi connectivity index (χ1) is 10.1. The molecule has 0 saturated carbocycles. The first-order valence-electron chi connectivity index (χ1n) is 6.34. The third kappa shape index (κ3) is 3.24. The molecule has 2 aromatic rings. The molecule has 0 radical (unpaired) electrons. The molecule has 0 amide bonds. The Bertz CT molecular complexity index is 610. The molecule has 112 valence electrons. The molecule has 0 bridgehead atoms. The molecule has 1 N–H and O–H groups in total. The third-order valence-electron chi connectivity index (χ3n) is 3.21. The van der Waals surface area contributed by atoms with E-state index >= 15 is 0 Å². The summed E-state index contributed by atoms with van der Waals surface area (Å²) in [4.78, 5) is 0. The summed E-state index contributed by atoms with van der Waals surface area (Å²) in [6.07, 6.45) is -0.795. The van der Waals surface area contributed by atoms with Gasteiger partial charge >= 0.3 is 0 Å². The minimum atomic E-state index is -0.795. The fraction of sp³-hybridized carbons (Fsp3) is 0.250. The average molecular weight is 400 g/mol. The van der Waals surface area contributed by atoms with Crippen molar-refractivity contribution >= 4 is 22.6 Å². The largest absolute Gasteiger partial charge is 0.493 e. The molecule has 1 atom stereocenters. The summed E-state index contributed by atoms with van der Waals surface area (Å²) in [6, 6.07) is 11.2. The standard InChI is InChI=1S/C16H17IO4/c1-19-13-9-8-12(15(20-2)16(13)21-3)14(18)10-4-6-11(17)7-5-10/h4-9,14,18H,1-3H3. The minimum Gasteiger partial charge on any atom is -0.493 e. The quantitative estimate of drug-likeness (QED) is 0.782. The van der Waals surface area contributed by atoms with Gasteiger partial charge in [-0.25, -0.2) is 0 Å². The van der Waals surface area contributed by atoms with Gasteiger partial charge in [-0.1, -0.05) is 12.1 Å². The van der Waals surface area contributed by atoms with E-state index in [9.17, 15) is 5.11 Å². The highest BCUT2D eigenvalue weighted by atomic mass is 127. The third-order valence-corrected chi connectivity index (χ3v) is 3.93. The lowest BCUT2D eigenvalue weighted by Gasteiger charge is -2.19. The molecule has 21 heavy (non-hydrogen) atoms. The Labute approximate surface area is 137 Å². The van der Waals surface area contributed by atoms with E-state index in [-0.39, 0.29) is 0 Å². The van der Waals surface area contributed by atoms with Crippen LogP contribution in [0.3, 0.4) is 0 Å². The number of rotatable bonds is 5. The van der Waals surface area contributed by atoms with Crippen molar-refractivity contribution in [3.05, 3.63) is 51.1 Å². The van der Waals surface area contributed by atoms with Crippen molar-refractivity contribution in [1.29, 1.82) is 0 Å². The van der Waals surface area contributed by atoms with Crippen molar-refractivity contribution in [2.75, 3.05) is 21.3 Å². The zero-order valence-corrected chi connectivity index (χ0v) is 14.2. The van der Waals surface area contributed by atoms with Gasteiger partial charge in [0.1, 0.15) is 6.10 Å². The Kier molecular flexibility index (Phi) is 5.30. The number of methoxy groups -OCH3 is 3. The van der Waals surface area contributed by atoms with Crippen LogP contribution in [-0.4, -0.2) is 26.4 Å². The van der Waals surface area contributed by atoms with Crippen molar-refractivity contribution in [2.24, 2.45) is 0 Å². The highest BCUT2D eigenvalue weighted by molar-refractivity contribution is 14.1. The second-order valence-electron chi connectivity index (χ2n) is 4.38. The van der Waals surface area contributed by atoms with Crippen LogP contribution in [0, 0.1) is 3.57 Å². The van der Waals surface area contributed by atoms with Crippen LogP contribution in [-0.2, 0) is 0 Å². The topological polar surface area (TPSA) is 47.9 Å². The van der Waals surface area contributed by atoms with E-state index in [2.05, 4.69) is 22.6 Å². The summed E-state index contributed by atoms with van der Waals surface area (Å²) < 4.78 is 17.1. The smallest absolute Gasteiger partial charge is 0.203 e. The summed E-state index contributed by atoms with van der Waals surface area (Å²) in [5.41, 5.74) is 1.43. The first kappa shape index (κ1) is 15.9. The summed E-state index contributed by atoms with van der Waals surface area (Å²) in [5, 5.41) is 10.6. The van der Waals surface area contributed by atoms with Crippen molar-refractivity contribution < 1.29 is 19.3 Å². The summed E-state index contributed by atoms with van der Waals surface area (Å²) >= 11 is 2.23. The zero-order valence-electron chi connectivity index (χ0n) is 12.1. The van der Waals surface area contributed by atoms with Gasteiger partial charge in [0.05, 0.1) is 21.3 Å². The monoisotopic (exact) mass is 400 g/mol. The van der Waals surface area contributed by atoms with Gasteiger partial charge in [-0.15, -0.1) is 0 Å². The normalized spacial score (nSPS) is 11.9. The Balaban J connectivity index is 2.50. The van der Waals surface area contributed by atoms with Crippen LogP contribution in [0.5, 0.6) is 17.2 Å². The molecule has 2 rings (SSSR count). The number of aliphatic hydroxyl groups is 1. The molecule has 5 heteroatoms. The predicted molar refractivity (Wildman–Crippen MR) is 89.3 cm³/mol. The summed E-state index contributed by atoms with van der Waals surface area (Å²) in [7, 11) is 4.65. The molecule has 0 heterocycles. The lowest BCUT2D eigenvalue weighted by molar-refractivity contribution is 0.212. The maximum atomic E-state index is 10.6. The summed E-state index contributed by atoms with van der Waals surface area (Å²) in [5.74, 6) is 1.51. The van der Waals surface area contributed by atoms with Crippen molar-refractivity contribution in [3.8, 4) is 17.2 Å². The Hall–Kier alpha value is -1.47. The number of hydrogen-bond donors (Lipinski definition) is 1. The van der Waals surface area contributed by atoms with Gasteiger partial charge in [0, 0.05) is 9.13 Å². The highest BCUT2D eigenvalue weighted by Gasteiger charge is 2.21. The van der Waals surface area contributed by atoms with Crippen LogP contribution in [0.4, 0.5) is 0 Å². The van der Waals surface area contributed by atoms with E-state index in [0.29, 0.717) is 22.8 Å². The van der Waals surface area contributed by atoms with Crippen LogP contribution in [0.25, 0.3) is 0 Å². The number of aliphatic hydroxyl groups excluding tert-OH is 1. The molecule has 0 saturated heterocycles. The van der Waals surface area contributed by atoms with E-state index in [1.54, 1.807) is 33.5 Å². The Morgan fingerprint density at radius 1 is 0.857 bits per heavy atom. The second-order valence-corrected chi connectivity index (χ2v) is 5.62. The number of halogens is 1. The molecule has 0 fully saturated rings. The zero-order chi connectivity index (χ0) is 15.4. The SMILES string of the molecule is COc1ccc(C(O)c2ccc(I)cc2)c(OC)c1OC. The van der Waals surface area contributed by atoms with Crippen LogP contribution in [0.15, 0.2) is 36.4 Å². The summed E-state index contributed by atoms with van der Waals surface area (Å²) in [6.45, 7) is 0. The van der Waals surface area contributed by atoms with Gasteiger partial charge in [0.25, 0.3) is 0 Å². The minimum absolute atomic E-state index is 0.474. The molecular formula is C16H17IO4. The lowest BCUT2D eigenvalue weighted by Crippen LogP contribution is -2.05. The van der Waals surface area contributed by atoms with Crippen LogP contribution >= 0.6 is 22.6 Å². The molecule has 0 aliphatic rings. The van der Waals surface area contributed by atoms with Crippen LogP contribution < -0.4 is 14.2 Å². The maximum absolute atomic E-state index is 10.6. The molecular weight excluding hydrogens is 383 g/mol. The average Bonchev–Trinajstić information content (AvgIpc) is 2.53. The van der Waals surface area contributed by atoms with Crippen molar-refractivity contribution in [1.82, 2.24) is 0 Å². The molecule has 2 aromatic carbocycles. The van der Waals surface area contributed by atoms with E-state index < -0.39 is 6.10 Å². The molecule has 4 nitrogen and oxygen atoms in total. The van der Waals surface area contributed by atoms with Gasteiger partial charge in [0.2, 0.25) is 5.75 Å². The predicted octanol–water partition coefficient (Wildman–Crippen LogP) is 3.40. The first-order valence-corrected chi connectivity index (χ1v) is 7.42. The van der Waals surface area contributed by atoms with Gasteiger partial charge in [-0.2, -0.15) is 0 Å². The molecule has 1 unspecified atom stereocenters. The number of benzene rings is 2. The fourth-order valence-electron chi connectivity index (χ4n) is 2.16. The fourth-order valence-corrected chi connectivity index (χ4v) is 2.52. The molecule has 0 aromatic heterocycles. The van der Waals surface area contributed by atoms with E-state index in [0.717, 1.165) is 9.13 Å². The maximum Gasteiger partial charge on any atom is 0.203 e. The number of ether oxygens (including phenoxy) is 3. The van der Waals surface area contributed by atoms with E-state index in [4.69, 9.17) is 14.2 Å². The second kappa shape index (κ2) is 7.00.